The monoisotopic (exact) mass is 393 g/mol. The zero-order valence-corrected chi connectivity index (χ0v) is 16.9. The number of para-hydroxylation sites is 2. The number of hydrogen-bond donors (Lipinski definition) is 4. The molecule has 0 fully saturated rings. The molecular weight excluding hydrogens is 362 g/mol. The normalized spacial score (nSPS) is 11.2. The zero-order valence-electron chi connectivity index (χ0n) is 16.9. The van der Waals surface area contributed by atoms with Crippen LogP contribution in [0, 0.1) is 0 Å². The van der Waals surface area contributed by atoms with Crippen molar-refractivity contribution in [3.05, 3.63) is 54.1 Å². The molecule has 0 aliphatic carbocycles. The van der Waals surface area contributed by atoms with Crippen molar-refractivity contribution in [3.8, 4) is 0 Å². The van der Waals surface area contributed by atoms with Crippen molar-refractivity contribution in [1.82, 2.24) is 20.9 Å². The molecule has 5 N–H and O–H groups in total. The van der Waals surface area contributed by atoms with E-state index in [0.717, 1.165) is 73.8 Å². The number of benzene rings is 2. The Hall–Kier alpha value is -2.54. The van der Waals surface area contributed by atoms with Crippen LogP contribution >= 0.6 is 0 Å². The number of aromatic nitrogens is 1. The number of pyridine rings is 1. The van der Waals surface area contributed by atoms with Crippen molar-refractivity contribution in [2.24, 2.45) is 5.73 Å². The second-order valence-electron chi connectivity index (χ2n) is 7.13. The van der Waals surface area contributed by atoms with Crippen LogP contribution < -0.4 is 21.7 Å². The van der Waals surface area contributed by atoms with E-state index in [1.165, 1.54) is 0 Å². The van der Waals surface area contributed by atoms with Crippen LogP contribution in [0.25, 0.3) is 21.8 Å². The van der Waals surface area contributed by atoms with Crippen LogP contribution in [0.4, 0.5) is 0 Å². The molecule has 29 heavy (non-hydrogen) atoms. The number of nitrogens with zero attached hydrogens (tertiary/aromatic N) is 1. The Bertz CT molecular complexity index is 873. The summed E-state index contributed by atoms with van der Waals surface area (Å²) in [7, 11) is 0. The Morgan fingerprint density at radius 2 is 1.28 bits per heavy atom. The third-order valence-corrected chi connectivity index (χ3v) is 4.90. The van der Waals surface area contributed by atoms with Gasteiger partial charge in [0.1, 0.15) is 0 Å². The van der Waals surface area contributed by atoms with Crippen LogP contribution in [-0.4, -0.2) is 50.2 Å². The van der Waals surface area contributed by atoms with E-state index in [0.29, 0.717) is 12.1 Å². The van der Waals surface area contributed by atoms with Crippen molar-refractivity contribution in [2.75, 3.05) is 39.3 Å². The fourth-order valence-electron chi connectivity index (χ4n) is 3.40. The number of fused-ring (bicyclic) bond motifs is 2. The third kappa shape index (κ3) is 5.97. The standard InChI is InChI=1S/C23H31N5O/c24-12-5-13-25-14-6-15-26-16-7-17-27-23(29)22-18-8-1-3-10-20(18)28-21-11-4-2-9-19(21)22/h1-4,8-11,25-26H,5-7,12-17,24H2,(H,27,29). The second kappa shape index (κ2) is 11.5. The molecule has 1 heterocycles. The predicted molar refractivity (Wildman–Crippen MR) is 120 cm³/mol. The maximum Gasteiger partial charge on any atom is 0.252 e. The van der Waals surface area contributed by atoms with Crippen LogP contribution in [0.15, 0.2) is 48.5 Å². The molecule has 0 aliphatic rings. The van der Waals surface area contributed by atoms with Gasteiger partial charge in [-0.15, -0.1) is 0 Å². The molecule has 0 unspecified atom stereocenters. The summed E-state index contributed by atoms with van der Waals surface area (Å²) in [6, 6.07) is 15.6. The number of nitrogens with two attached hydrogens (primary N) is 1. The first-order valence-electron chi connectivity index (χ1n) is 10.5. The molecule has 0 bridgehead atoms. The maximum atomic E-state index is 13.0. The molecular formula is C23H31N5O. The molecule has 6 heteroatoms. The lowest BCUT2D eigenvalue weighted by molar-refractivity contribution is 0.0956. The van der Waals surface area contributed by atoms with Crippen molar-refractivity contribution < 1.29 is 4.79 Å². The first-order chi connectivity index (χ1) is 14.3. The number of carbonyl (C=O) groups is 1. The van der Waals surface area contributed by atoms with E-state index in [4.69, 9.17) is 5.73 Å². The van der Waals surface area contributed by atoms with E-state index in [9.17, 15) is 4.79 Å². The van der Waals surface area contributed by atoms with Gasteiger partial charge in [0, 0.05) is 17.3 Å². The summed E-state index contributed by atoms with van der Waals surface area (Å²) in [6.07, 6.45) is 3.01. The Morgan fingerprint density at radius 1 is 0.759 bits per heavy atom. The summed E-state index contributed by atoms with van der Waals surface area (Å²) >= 11 is 0. The quantitative estimate of drug-likeness (QED) is 0.280. The van der Waals surface area contributed by atoms with Crippen LogP contribution in [0.1, 0.15) is 29.6 Å². The molecule has 1 amide bonds. The fourth-order valence-corrected chi connectivity index (χ4v) is 3.40. The van der Waals surface area contributed by atoms with Gasteiger partial charge in [0.05, 0.1) is 16.6 Å². The van der Waals surface area contributed by atoms with E-state index in [1.807, 2.05) is 48.5 Å². The number of hydrogen-bond acceptors (Lipinski definition) is 5. The maximum absolute atomic E-state index is 13.0. The van der Waals surface area contributed by atoms with Crippen molar-refractivity contribution >= 4 is 27.7 Å². The van der Waals surface area contributed by atoms with E-state index in [2.05, 4.69) is 20.9 Å². The Labute approximate surface area is 172 Å². The fraction of sp³-hybridized carbons (Fsp3) is 0.391. The molecule has 154 valence electrons. The number of carbonyl (C=O) groups excluding carboxylic acids is 1. The topological polar surface area (TPSA) is 92.1 Å². The summed E-state index contributed by atoms with van der Waals surface area (Å²) in [4.78, 5) is 17.6. The van der Waals surface area contributed by atoms with E-state index < -0.39 is 0 Å². The molecule has 0 spiro atoms. The molecule has 0 atom stereocenters. The zero-order chi connectivity index (χ0) is 20.3. The number of rotatable bonds is 12. The van der Waals surface area contributed by atoms with Gasteiger partial charge in [0.15, 0.2) is 0 Å². The smallest absolute Gasteiger partial charge is 0.252 e. The van der Waals surface area contributed by atoms with Gasteiger partial charge in [-0.05, 0) is 64.1 Å². The van der Waals surface area contributed by atoms with Crippen molar-refractivity contribution in [3.63, 3.8) is 0 Å². The van der Waals surface area contributed by atoms with Gasteiger partial charge in [-0.3, -0.25) is 4.79 Å². The lowest BCUT2D eigenvalue weighted by Gasteiger charge is -2.11. The molecule has 6 nitrogen and oxygen atoms in total. The molecule has 1 aromatic heterocycles. The summed E-state index contributed by atoms with van der Waals surface area (Å²) in [5, 5.41) is 11.7. The van der Waals surface area contributed by atoms with E-state index >= 15 is 0 Å². The Morgan fingerprint density at radius 3 is 1.86 bits per heavy atom. The van der Waals surface area contributed by atoms with Gasteiger partial charge in [-0.1, -0.05) is 36.4 Å². The molecule has 3 rings (SSSR count). The van der Waals surface area contributed by atoms with Gasteiger partial charge < -0.3 is 21.7 Å². The molecule has 0 saturated carbocycles. The lowest BCUT2D eigenvalue weighted by Crippen LogP contribution is -2.29. The lowest BCUT2D eigenvalue weighted by atomic mass is 10.0. The molecule has 3 aromatic rings. The number of amides is 1. The molecule has 0 radical (unpaired) electrons. The summed E-state index contributed by atoms with van der Waals surface area (Å²) in [5.41, 5.74) is 7.87. The van der Waals surface area contributed by atoms with Gasteiger partial charge >= 0.3 is 0 Å². The van der Waals surface area contributed by atoms with Crippen molar-refractivity contribution in [2.45, 2.75) is 19.3 Å². The predicted octanol–water partition coefficient (Wildman–Crippen LogP) is 2.43. The van der Waals surface area contributed by atoms with Crippen molar-refractivity contribution in [1.29, 1.82) is 0 Å². The average Bonchev–Trinajstić information content (AvgIpc) is 2.75. The Balaban J connectivity index is 1.48. The highest BCUT2D eigenvalue weighted by atomic mass is 16.1. The van der Waals surface area contributed by atoms with Crippen LogP contribution in [0.2, 0.25) is 0 Å². The SMILES string of the molecule is NCCCNCCCNCCCNC(=O)c1c2ccccc2nc2ccccc12. The average molecular weight is 394 g/mol. The highest BCUT2D eigenvalue weighted by molar-refractivity contribution is 6.16. The summed E-state index contributed by atoms with van der Waals surface area (Å²) < 4.78 is 0. The summed E-state index contributed by atoms with van der Waals surface area (Å²) in [5.74, 6) is -0.0381. The van der Waals surface area contributed by atoms with Gasteiger partial charge in [0.2, 0.25) is 0 Å². The van der Waals surface area contributed by atoms with Crippen LogP contribution in [0.3, 0.4) is 0 Å². The van der Waals surface area contributed by atoms with E-state index in [-0.39, 0.29) is 5.91 Å². The molecule has 0 aliphatic heterocycles. The highest BCUT2D eigenvalue weighted by Crippen LogP contribution is 2.25. The summed E-state index contributed by atoms with van der Waals surface area (Å²) in [6.45, 7) is 5.24. The third-order valence-electron chi connectivity index (χ3n) is 4.90. The molecule has 2 aromatic carbocycles. The van der Waals surface area contributed by atoms with Crippen LogP contribution in [0.5, 0.6) is 0 Å². The minimum atomic E-state index is -0.0381. The highest BCUT2D eigenvalue weighted by Gasteiger charge is 2.15. The molecule has 0 saturated heterocycles. The van der Waals surface area contributed by atoms with Gasteiger partial charge in [-0.25, -0.2) is 4.98 Å². The second-order valence-corrected chi connectivity index (χ2v) is 7.13. The minimum absolute atomic E-state index is 0.0381. The first kappa shape index (κ1) is 21.2. The van der Waals surface area contributed by atoms with Gasteiger partial charge in [-0.2, -0.15) is 0 Å². The van der Waals surface area contributed by atoms with Gasteiger partial charge in [0.25, 0.3) is 5.91 Å². The van der Waals surface area contributed by atoms with E-state index in [1.54, 1.807) is 0 Å². The number of nitrogens with one attached hydrogen (secondary N) is 3. The van der Waals surface area contributed by atoms with Crippen LogP contribution in [-0.2, 0) is 0 Å². The Kier molecular flexibility index (Phi) is 8.37. The minimum Gasteiger partial charge on any atom is -0.352 e. The first-order valence-corrected chi connectivity index (χ1v) is 10.5. The largest absolute Gasteiger partial charge is 0.352 e.